The molecule has 1 saturated heterocycles. The molecule has 1 aliphatic heterocycles. The first kappa shape index (κ1) is 17.4. The van der Waals surface area contributed by atoms with Crippen LogP contribution in [0.5, 0.6) is 5.88 Å². The summed E-state index contributed by atoms with van der Waals surface area (Å²) < 4.78 is 18.9. The van der Waals surface area contributed by atoms with Crippen molar-refractivity contribution < 1.29 is 13.9 Å². The number of piperidine rings is 1. The first-order valence-electron chi connectivity index (χ1n) is 8.42. The SMILES string of the molecule is COc1cc(C(=O)NC2CCCN(Cc3ccccc3F)C2)ccn1. The van der Waals surface area contributed by atoms with Crippen LogP contribution in [0.2, 0.25) is 0 Å². The van der Waals surface area contributed by atoms with E-state index in [0.717, 1.165) is 19.4 Å². The number of methoxy groups -OCH3 is 1. The summed E-state index contributed by atoms with van der Waals surface area (Å²) in [6, 6.07) is 10.2. The molecule has 1 aliphatic rings. The van der Waals surface area contributed by atoms with Crippen LogP contribution in [0, 0.1) is 5.82 Å². The number of carbonyl (C=O) groups is 1. The van der Waals surface area contributed by atoms with Crippen molar-refractivity contribution in [1.29, 1.82) is 0 Å². The van der Waals surface area contributed by atoms with E-state index >= 15 is 0 Å². The minimum atomic E-state index is -0.183. The van der Waals surface area contributed by atoms with Gasteiger partial charge in [0.15, 0.2) is 0 Å². The van der Waals surface area contributed by atoms with Crippen molar-refractivity contribution in [2.75, 3.05) is 20.2 Å². The summed E-state index contributed by atoms with van der Waals surface area (Å²) in [7, 11) is 1.52. The molecule has 1 aromatic heterocycles. The predicted octanol–water partition coefficient (Wildman–Crippen LogP) is 2.62. The third kappa shape index (κ3) is 4.54. The number of pyridine rings is 1. The van der Waals surface area contributed by atoms with Crippen LogP contribution in [0.1, 0.15) is 28.8 Å². The van der Waals surface area contributed by atoms with Gasteiger partial charge in [-0.05, 0) is 31.5 Å². The zero-order chi connectivity index (χ0) is 17.6. The van der Waals surface area contributed by atoms with Crippen molar-refractivity contribution in [2.24, 2.45) is 0 Å². The molecular weight excluding hydrogens is 321 g/mol. The summed E-state index contributed by atoms with van der Waals surface area (Å²) in [4.78, 5) is 18.6. The first-order chi connectivity index (χ1) is 12.2. The van der Waals surface area contributed by atoms with Gasteiger partial charge in [-0.15, -0.1) is 0 Å². The van der Waals surface area contributed by atoms with Crippen molar-refractivity contribution in [1.82, 2.24) is 15.2 Å². The van der Waals surface area contributed by atoms with Gasteiger partial charge in [0.1, 0.15) is 5.82 Å². The molecule has 1 amide bonds. The molecule has 0 saturated carbocycles. The highest BCUT2D eigenvalue weighted by Gasteiger charge is 2.22. The number of nitrogens with one attached hydrogen (secondary N) is 1. The monoisotopic (exact) mass is 343 g/mol. The van der Waals surface area contributed by atoms with Gasteiger partial charge in [-0.3, -0.25) is 9.69 Å². The summed E-state index contributed by atoms with van der Waals surface area (Å²) >= 11 is 0. The minimum Gasteiger partial charge on any atom is -0.481 e. The van der Waals surface area contributed by atoms with E-state index in [-0.39, 0.29) is 17.8 Å². The number of aromatic nitrogens is 1. The average Bonchev–Trinajstić information content (AvgIpc) is 2.64. The maximum atomic E-state index is 13.8. The average molecular weight is 343 g/mol. The lowest BCUT2D eigenvalue weighted by Crippen LogP contribution is -2.47. The molecule has 5 nitrogen and oxygen atoms in total. The topological polar surface area (TPSA) is 54.5 Å². The number of carbonyl (C=O) groups excluding carboxylic acids is 1. The fraction of sp³-hybridized carbons (Fsp3) is 0.368. The Hall–Kier alpha value is -2.47. The molecule has 25 heavy (non-hydrogen) atoms. The largest absolute Gasteiger partial charge is 0.481 e. The van der Waals surface area contributed by atoms with E-state index in [9.17, 15) is 9.18 Å². The lowest BCUT2D eigenvalue weighted by molar-refractivity contribution is 0.0899. The molecule has 1 N–H and O–H groups in total. The second-order valence-electron chi connectivity index (χ2n) is 6.23. The van der Waals surface area contributed by atoms with Gasteiger partial charge in [0, 0.05) is 42.5 Å². The third-order valence-electron chi connectivity index (χ3n) is 4.40. The molecule has 3 rings (SSSR count). The Bertz CT molecular complexity index is 738. The molecule has 0 spiro atoms. The van der Waals surface area contributed by atoms with Crippen molar-refractivity contribution in [3.8, 4) is 5.88 Å². The fourth-order valence-electron chi connectivity index (χ4n) is 3.12. The van der Waals surface area contributed by atoms with E-state index in [2.05, 4.69) is 15.2 Å². The van der Waals surface area contributed by atoms with Crippen molar-refractivity contribution in [3.05, 3.63) is 59.5 Å². The van der Waals surface area contributed by atoms with Crippen LogP contribution in [0.4, 0.5) is 4.39 Å². The first-order valence-corrected chi connectivity index (χ1v) is 8.42. The Kier molecular flexibility index (Phi) is 5.60. The highest BCUT2D eigenvalue weighted by atomic mass is 19.1. The van der Waals surface area contributed by atoms with Crippen LogP contribution in [0.15, 0.2) is 42.6 Å². The number of benzene rings is 1. The van der Waals surface area contributed by atoms with Gasteiger partial charge in [-0.2, -0.15) is 0 Å². The Morgan fingerprint density at radius 2 is 2.24 bits per heavy atom. The molecule has 0 aliphatic carbocycles. The molecule has 1 atom stereocenters. The van der Waals surface area contributed by atoms with Crippen LogP contribution >= 0.6 is 0 Å². The van der Waals surface area contributed by atoms with Gasteiger partial charge in [0.2, 0.25) is 5.88 Å². The Labute approximate surface area is 146 Å². The molecule has 0 radical (unpaired) electrons. The van der Waals surface area contributed by atoms with Crippen molar-refractivity contribution in [2.45, 2.75) is 25.4 Å². The summed E-state index contributed by atoms with van der Waals surface area (Å²) in [5.41, 5.74) is 1.21. The predicted molar refractivity (Wildman–Crippen MR) is 93.0 cm³/mol. The standard InChI is InChI=1S/C19H22FN3O2/c1-25-18-11-14(8-9-21-18)19(24)22-16-6-4-10-23(13-16)12-15-5-2-3-7-17(15)20/h2-3,5,7-9,11,16H,4,6,10,12-13H2,1H3,(H,22,24). The van der Waals surface area contributed by atoms with Crippen LogP contribution in [-0.4, -0.2) is 42.0 Å². The number of hydrogen-bond donors (Lipinski definition) is 1. The third-order valence-corrected chi connectivity index (χ3v) is 4.40. The zero-order valence-electron chi connectivity index (χ0n) is 14.2. The van der Waals surface area contributed by atoms with Crippen LogP contribution < -0.4 is 10.1 Å². The summed E-state index contributed by atoms with van der Waals surface area (Å²) in [5, 5.41) is 3.06. The van der Waals surface area contributed by atoms with Gasteiger partial charge in [-0.1, -0.05) is 18.2 Å². The molecule has 132 valence electrons. The van der Waals surface area contributed by atoms with Gasteiger partial charge < -0.3 is 10.1 Å². The number of rotatable bonds is 5. The number of halogens is 1. The highest BCUT2D eigenvalue weighted by Crippen LogP contribution is 2.16. The zero-order valence-corrected chi connectivity index (χ0v) is 14.2. The second kappa shape index (κ2) is 8.07. The van der Waals surface area contributed by atoms with E-state index < -0.39 is 0 Å². The van der Waals surface area contributed by atoms with E-state index in [1.54, 1.807) is 30.5 Å². The van der Waals surface area contributed by atoms with Crippen LogP contribution in [0.25, 0.3) is 0 Å². The van der Waals surface area contributed by atoms with Gasteiger partial charge in [0.05, 0.1) is 7.11 Å². The minimum absolute atomic E-state index is 0.0483. The van der Waals surface area contributed by atoms with Gasteiger partial charge in [0.25, 0.3) is 5.91 Å². The lowest BCUT2D eigenvalue weighted by atomic mass is 10.0. The lowest BCUT2D eigenvalue weighted by Gasteiger charge is -2.33. The molecule has 2 aromatic rings. The second-order valence-corrected chi connectivity index (χ2v) is 6.23. The molecule has 1 aromatic carbocycles. The maximum absolute atomic E-state index is 13.8. The molecular formula is C19H22FN3O2. The van der Waals surface area contributed by atoms with E-state index in [0.29, 0.717) is 30.1 Å². The van der Waals surface area contributed by atoms with Crippen LogP contribution in [0.3, 0.4) is 0 Å². The Morgan fingerprint density at radius 3 is 3.04 bits per heavy atom. The smallest absolute Gasteiger partial charge is 0.251 e. The number of nitrogens with zero attached hydrogens (tertiary/aromatic N) is 2. The molecule has 2 heterocycles. The summed E-state index contributed by atoms with van der Waals surface area (Å²) in [5.74, 6) is 0.0912. The van der Waals surface area contributed by atoms with E-state index in [1.807, 2.05) is 6.07 Å². The van der Waals surface area contributed by atoms with Crippen LogP contribution in [-0.2, 0) is 6.54 Å². The van der Waals surface area contributed by atoms with Gasteiger partial charge in [-0.25, -0.2) is 9.37 Å². The molecule has 0 bridgehead atoms. The Balaban J connectivity index is 1.59. The van der Waals surface area contributed by atoms with Crippen molar-refractivity contribution in [3.63, 3.8) is 0 Å². The number of ether oxygens (including phenoxy) is 1. The molecule has 1 fully saturated rings. The van der Waals surface area contributed by atoms with Gasteiger partial charge >= 0.3 is 0 Å². The van der Waals surface area contributed by atoms with Crippen molar-refractivity contribution >= 4 is 5.91 Å². The number of likely N-dealkylation sites (tertiary alicyclic amines) is 1. The fourth-order valence-corrected chi connectivity index (χ4v) is 3.12. The summed E-state index contributed by atoms with van der Waals surface area (Å²) in [6.07, 6.45) is 3.44. The number of amides is 1. The molecule has 1 unspecified atom stereocenters. The summed E-state index contributed by atoms with van der Waals surface area (Å²) in [6.45, 7) is 2.17. The Morgan fingerprint density at radius 1 is 1.40 bits per heavy atom. The van der Waals surface area contributed by atoms with E-state index in [1.165, 1.54) is 13.2 Å². The number of hydrogen-bond acceptors (Lipinski definition) is 4. The highest BCUT2D eigenvalue weighted by molar-refractivity contribution is 5.94. The normalized spacial score (nSPS) is 17.9. The quantitative estimate of drug-likeness (QED) is 0.907. The maximum Gasteiger partial charge on any atom is 0.251 e. The molecule has 6 heteroatoms. The van der Waals surface area contributed by atoms with E-state index in [4.69, 9.17) is 4.74 Å².